The monoisotopic (exact) mass is 390 g/mol. The lowest BCUT2D eigenvalue weighted by atomic mass is 9.97. The number of aliphatic hydroxyl groups is 1. The van der Waals surface area contributed by atoms with Crippen LogP contribution >= 0.6 is 0 Å². The van der Waals surface area contributed by atoms with Crippen LogP contribution in [0.3, 0.4) is 0 Å². The third-order valence-electron chi connectivity index (χ3n) is 5.53. The van der Waals surface area contributed by atoms with Crippen LogP contribution in [0.5, 0.6) is 0 Å². The first-order chi connectivity index (χ1) is 13.7. The van der Waals surface area contributed by atoms with Gasteiger partial charge < -0.3 is 24.4 Å². The fourth-order valence-corrected chi connectivity index (χ4v) is 3.86. The number of hydrogen-bond donors (Lipinski definition) is 2. The van der Waals surface area contributed by atoms with Crippen molar-refractivity contribution < 1.29 is 23.5 Å². The molecule has 28 heavy (non-hydrogen) atoms. The normalized spacial score (nSPS) is 26.4. The summed E-state index contributed by atoms with van der Waals surface area (Å²) in [6, 6.07) is 8.45. The molecular formula is C21H27FN2O4. The molecular weight excluding hydrogens is 363 g/mol. The Morgan fingerprint density at radius 3 is 2.68 bits per heavy atom. The minimum atomic E-state index is -0.448. The number of hydrogen-bond acceptors (Lipinski definition) is 6. The van der Waals surface area contributed by atoms with E-state index >= 15 is 0 Å². The van der Waals surface area contributed by atoms with Crippen LogP contribution in [0.25, 0.3) is 11.3 Å². The van der Waals surface area contributed by atoms with Crippen molar-refractivity contribution in [2.45, 2.75) is 56.5 Å². The van der Waals surface area contributed by atoms with Crippen molar-refractivity contribution in [2.75, 3.05) is 19.8 Å². The van der Waals surface area contributed by atoms with E-state index in [1.54, 1.807) is 12.1 Å². The zero-order chi connectivity index (χ0) is 19.3. The van der Waals surface area contributed by atoms with Crippen molar-refractivity contribution in [1.29, 1.82) is 0 Å². The minimum Gasteiger partial charge on any atom is -0.390 e. The van der Waals surface area contributed by atoms with E-state index in [0.29, 0.717) is 31.2 Å². The SMILES string of the molecule is O[C@H]1CC[C@@H](Cc2cc(-c3ccc(F)cc3)on2)O[C@@H]1CNC1CCOCC1. The van der Waals surface area contributed by atoms with Crippen LogP contribution in [0.2, 0.25) is 0 Å². The van der Waals surface area contributed by atoms with Gasteiger partial charge in [-0.1, -0.05) is 5.16 Å². The Hall–Kier alpha value is -1.80. The second-order valence-corrected chi connectivity index (χ2v) is 7.63. The Bertz CT molecular complexity index is 745. The Kier molecular flexibility index (Phi) is 6.36. The average Bonchev–Trinajstić information content (AvgIpc) is 3.18. The highest BCUT2D eigenvalue weighted by molar-refractivity contribution is 5.57. The summed E-state index contributed by atoms with van der Waals surface area (Å²) in [6.07, 6.45) is 3.46. The molecule has 2 aliphatic rings. The van der Waals surface area contributed by atoms with Gasteiger partial charge in [0.05, 0.1) is 24.0 Å². The van der Waals surface area contributed by atoms with Crippen molar-refractivity contribution in [3.05, 3.63) is 41.8 Å². The Morgan fingerprint density at radius 1 is 1.11 bits per heavy atom. The summed E-state index contributed by atoms with van der Waals surface area (Å²) in [5.74, 6) is 0.335. The van der Waals surface area contributed by atoms with Gasteiger partial charge in [-0.05, 0) is 49.9 Å². The van der Waals surface area contributed by atoms with E-state index in [1.807, 2.05) is 6.07 Å². The fourth-order valence-electron chi connectivity index (χ4n) is 3.86. The van der Waals surface area contributed by atoms with Crippen molar-refractivity contribution >= 4 is 0 Å². The molecule has 3 atom stereocenters. The maximum absolute atomic E-state index is 13.1. The highest BCUT2D eigenvalue weighted by Gasteiger charge is 2.31. The highest BCUT2D eigenvalue weighted by atomic mass is 19.1. The zero-order valence-corrected chi connectivity index (χ0v) is 15.9. The number of nitrogens with one attached hydrogen (secondary N) is 1. The van der Waals surface area contributed by atoms with E-state index in [4.69, 9.17) is 14.0 Å². The molecule has 1 aromatic carbocycles. The molecule has 0 bridgehead atoms. The molecule has 0 amide bonds. The fraction of sp³-hybridized carbons (Fsp3) is 0.571. The lowest BCUT2D eigenvalue weighted by Gasteiger charge is -2.35. The van der Waals surface area contributed by atoms with E-state index in [-0.39, 0.29) is 18.0 Å². The van der Waals surface area contributed by atoms with Gasteiger partial charge in [0.1, 0.15) is 5.82 Å². The van der Waals surface area contributed by atoms with Gasteiger partial charge in [0.15, 0.2) is 5.76 Å². The lowest BCUT2D eigenvalue weighted by molar-refractivity contribution is -0.116. The molecule has 7 heteroatoms. The number of benzene rings is 1. The molecule has 152 valence electrons. The van der Waals surface area contributed by atoms with E-state index in [1.165, 1.54) is 12.1 Å². The van der Waals surface area contributed by atoms with Gasteiger partial charge in [-0.2, -0.15) is 0 Å². The van der Waals surface area contributed by atoms with Gasteiger partial charge in [-0.25, -0.2) is 4.39 Å². The van der Waals surface area contributed by atoms with E-state index in [2.05, 4.69) is 10.5 Å². The largest absolute Gasteiger partial charge is 0.390 e. The average molecular weight is 390 g/mol. The number of nitrogens with zero attached hydrogens (tertiary/aromatic N) is 1. The maximum atomic E-state index is 13.1. The summed E-state index contributed by atoms with van der Waals surface area (Å²) < 4.78 is 30.0. The predicted octanol–water partition coefficient (Wildman–Crippen LogP) is 2.70. The van der Waals surface area contributed by atoms with Gasteiger partial charge in [0, 0.05) is 43.9 Å². The van der Waals surface area contributed by atoms with Crippen LogP contribution < -0.4 is 5.32 Å². The van der Waals surface area contributed by atoms with Gasteiger partial charge in [-0.3, -0.25) is 0 Å². The molecule has 2 aliphatic heterocycles. The molecule has 4 rings (SSSR count). The minimum absolute atomic E-state index is 0.00365. The quantitative estimate of drug-likeness (QED) is 0.790. The molecule has 0 radical (unpaired) electrons. The third kappa shape index (κ3) is 4.97. The summed E-state index contributed by atoms with van der Waals surface area (Å²) in [4.78, 5) is 0. The maximum Gasteiger partial charge on any atom is 0.167 e. The van der Waals surface area contributed by atoms with Crippen LogP contribution in [0.1, 0.15) is 31.4 Å². The predicted molar refractivity (Wildman–Crippen MR) is 101 cm³/mol. The molecule has 2 aromatic rings. The Labute approximate surface area is 164 Å². The smallest absolute Gasteiger partial charge is 0.167 e. The second kappa shape index (κ2) is 9.13. The first kappa shape index (κ1) is 19.5. The van der Waals surface area contributed by atoms with E-state index in [0.717, 1.165) is 43.7 Å². The van der Waals surface area contributed by atoms with Gasteiger partial charge in [0.2, 0.25) is 0 Å². The summed E-state index contributed by atoms with van der Waals surface area (Å²) in [7, 11) is 0. The van der Waals surface area contributed by atoms with Gasteiger partial charge in [-0.15, -0.1) is 0 Å². The Balaban J connectivity index is 1.31. The number of aromatic nitrogens is 1. The number of ether oxygens (including phenoxy) is 2. The van der Waals surface area contributed by atoms with Crippen LogP contribution in [0.15, 0.2) is 34.9 Å². The number of halogens is 1. The number of aliphatic hydroxyl groups excluding tert-OH is 1. The molecule has 0 spiro atoms. The molecule has 2 N–H and O–H groups in total. The topological polar surface area (TPSA) is 76.8 Å². The van der Waals surface area contributed by atoms with E-state index < -0.39 is 6.10 Å². The highest BCUT2D eigenvalue weighted by Crippen LogP contribution is 2.25. The first-order valence-corrected chi connectivity index (χ1v) is 10.0. The first-order valence-electron chi connectivity index (χ1n) is 10.0. The summed E-state index contributed by atoms with van der Waals surface area (Å²) in [5, 5.41) is 17.9. The van der Waals surface area contributed by atoms with Crippen LogP contribution in [-0.4, -0.2) is 54.4 Å². The summed E-state index contributed by atoms with van der Waals surface area (Å²) in [5.41, 5.74) is 1.59. The van der Waals surface area contributed by atoms with Crippen LogP contribution in [-0.2, 0) is 15.9 Å². The molecule has 2 fully saturated rings. The summed E-state index contributed by atoms with van der Waals surface area (Å²) in [6.45, 7) is 2.22. The molecule has 3 heterocycles. The Morgan fingerprint density at radius 2 is 1.89 bits per heavy atom. The molecule has 0 unspecified atom stereocenters. The molecule has 0 saturated carbocycles. The molecule has 6 nitrogen and oxygen atoms in total. The summed E-state index contributed by atoms with van der Waals surface area (Å²) >= 11 is 0. The zero-order valence-electron chi connectivity index (χ0n) is 15.9. The van der Waals surface area contributed by atoms with Crippen molar-refractivity contribution in [3.63, 3.8) is 0 Å². The van der Waals surface area contributed by atoms with Gasteiger partial charge in [0.25, 0.3) is 0 Å². The van der Waals surface area contributed by atoms with E-state index in [9.17, 15) is 9.50 Å². The molecule has 1 aromatic heterocycles. The van der Waals surface area contributed by atoms with Crippen molar-refractivity contribution in [1.82, 2.24) is 10.5 Å². The second-order valence-electron chi connectivity index (χ2n) is 7.63. The standard InChI is InChI=1S/C21H27FN2O4/c22-15-3-1-14(2-4-15)20-12-17(24-28-20)11-18-5-6-19(25)21(27-18)13-23-16-7-9-26-10-8-16/h1-4,12,16,18-19,21,23,25H,5-11,13H2/t18-,19-,21+/m0/s1. The number of rotatable bonds is 6. The van der Waals surface area contributed by atoms with Crippen molar-refractivity contribution in [2.24, 2.45) is 0 Å². The third-order valence-corrected chi connectivity index (χ3v) is 5.53. The molecule has 0 aliphatic carbocycles. The lowest BCUT2D eigenvalue weighted by Crippen LogP contribution is -2.48. The van der Waals surface area contributed by atoms with Crippen LogP contribution in [0, 0.1) is 5.82 Å². The molecule has 2 saturated heterocycles. The van der Waals surface area contributed by atoms with Crippen molar-refractivity contribution in [3.8, 4) is 11.3 Å². The van der Waals surface area contributed by atoms with Crippen LogP contribution in [0.4, 0.5) is 4.39 Å². The van der Waals surface area contributed by atoms with Gasteiger partial charge >= 0.3 is 0 Å².